The van der Waals surface area contributed by atoms with Crippen LogP contribution in [0.3, 0.4) is 0 Å². The van der Waals surface area contributed by atoms with Gasteiger partial charge in [0.25, 0.3) is 0 Å². The minimum Gasteiger partial charge on any atom is -0.496 e. The maximum atomic E-state index is 13.9. The zero-order valence-electron chi connectivity index (χ0n) is 33.6. The maximum Gasteiger partial charge on any atom is 0.342 e. The summed E-state index contributed by atoms with van der Waals surface area (Å²) in [6.07, 6.45) is 9.83. The molecule has 4 aliphatic heterocycles. The smallest absolute Gasteiger partial charge is 0.342 e. The van der Waals surface area contributed by atoms with Gasteiger partial charge in [-0.1, -0.05) is 44.2 Å². The normalized spacial score (nSPS) is 32.2. The maximum absolute atomic E-state index is 13.9. The second kappa shape index (κ2) is 14.6. The average Bonchev–Trinajstić information content (AvgIpc) is 3.88. The van der Waals surface area contributed by atoms with Gasteiger partial charge in [0.05, 0.1) is 20.3 Å². The van der Waals surface area contributed by atoms with Crippen molar-refractivity contribution in [3.05, 3.63) is 70.9 Å². The molecule has 8 unspecified atom stereocenters. The Morgan fingerprint density at radius 1 is 1.09 bits per heavy atom. The number of aryl methyl sites for hydroxylation is 1. The highest BCUT2D eigenvalue weighted by molar-refractivity contribution is 5.87. The first-order valence-corrected chi connectivity index (χ1v) is 20.7. The van der Waals surface area contributed by atoms with Gasteiger partial charge in [0.1, 0.15) is 17.6 Å². The lowest BCUT2D eigenvalue weighted by atomic mass is 9.48. The van der Waals surface area contributed by atoms with Crippen LogP contribution in [0, 0.1) is 11.3 Å². The number of amides is 1. The predicted molar refractivity (Wildman–Crippen MR) is 215 cm³/mol. The van der Waals surface area contributed by atoms with Crippen molar-refractivity contribution < 1.29 is 34.1 Å². The number of aromatic amines is 1. The van der Waals surface area contributed by atoms with Crippen LogP contribution in [0.15, 0.2) is 48.6 Å². The molecule has 5 heterocycles. The number of hydrogen-bond acceptors (Lipinski definition) is 9. The number of ether oxygens (including phenoxy) is 2. The van der Waals surface area contributed by atoms with Gasteiger partial charge in [-0.25, -0.2) is 4.79 Å². The number of fused-ring (bicyclic) bond motifs is 4. The number of anilines is 1. The third kappa shape index (κ3) is 5.58. The monoisotopic (exact) mass is 766 g/mol. The number of para-hydroxylation sites is 1. The van der Waals surface area contributed by atoms with Crippen LogP contribution in [0.5, 0.6) is 5.75 Å². The largest absolute Gasteiger partial charge is 0.496 e. The number of aliphatic hydroxyl groups excluding tert-OH is 1. The van der Waals surface area contributed by atoms with E-state index >= 15 is 0 Å². The highest BCUT2D eigenvalue weighted by atomic mass is 16.5. The molecule has 3 N–H and O–H groups in total. The quantitative estimate of drug-likeness (QED) is 0.139. The number of ketones is 1. The van der Waals surface area contributed by atoms with Gasteiger partial charge >= 0.3 is 5.97 Å². The number of nitrogens with zero attached hydrogens (tertiary/aromatic N) is 3. The number of nitrogens with one attached hydrogen (secondary N) is 1. The fraction of sp³-hybridized carbons (Fsp3) is 0.578. The number of hydrogen-bond donors (Lipinski definition) is 3. The van der Waals surface area contributed by atoms with Crippen LogP contribution in [-0.2, 0) is 37.4 Å². The van der Waals surface area contributed by atoms with E-state index in [9.17, 15) is 24.6 Å². The van der Waals surface area contributed by atoms with Gasteiger partial charge in [0.15, 0.2) is 0 Å². The molecule has 8 rings (SSSR count). The van der Waals surface area contributed by atoms with Crippen LogP contribution >= 0.6 is 0 Å². The van der Waals surface area contributed by atoms with Crippen LogP contribution in [-0.4, -0.2) is 114 Å². The van der Waals surface area contributed by atoms with Gasteiger partial charge in [-0.05, 0) is 92.1 Å². The molecular formula is C45H58N4O7. The van der Waals surface area contributed by atoms with Crippen molar-refractivity contribution in [2.75, 3.05) is 52.3 Å². The van der Waals surface area contributed by atoms with E-state index in [1.807, 2.05) is 36.8 Å². The zero-order valence-corrected chi connectivity index (χ0v) is 33.6. The Balaban J connectivity index is 1.22. The minimum absolute atomic E-state index is 0.129. The molecule has 0 bridgehead atoms. The SMILES string of the molecule is CCC(=O)CCC1CC(CCc2cc3c(cc2OC)N(C)C2C(O)(C(=O)OC)C(O)C4(CC)C=CCN5CCC32C54)c2[nH]c3ccccc3c2CCN(C=O)C1. The number of H-pyrrole nitrogens is 1. The number of carbonyl (C=O) groups excluding carboxylic acids is 3. The molecule has 1 aromatic heterocycles. The lowest BCUT2D eigenvalue weighted by molar-refractivity contribution is -0.218. The molecular weight excluding hydrogens is 709 g/mol. The molecule has 3 aromatic rings. The van der Waals surface area contributed by atoms with Gasteiger partial charge < -0.3 is 34.5 Å². The summed E-state index contributed by atoms with van der Waals surface area (Å²) < 4.78 is 11.5. The predicted octanol–water partition coefficient (Wildman–Crippen LogP) is 5.05. The number of benzene rings is 2. The first-order valence-electron chi connectivity index (χ1n) is 20.7. The van der Waals surface area contributed by atoms with Gasteiger partial charge in [0, 0.05) is 84.7 Å². The average molecular weight is 767 g/mol. The Hall–Kier alpha value is -4.19. The molecule has 11 heteroatoms. The molecule has 11 nitrogen and oxygen atoms in total. The van der Waals surface area contributed by atoms with Crippen LogP contribution in [0.25, 0.3) is 10.9 Å². The second-order valence-corrected chi connectivity index (χ2v) is 17.2. The molecule has 0 radical (unpaired) electrons. The number of methoxy groups -OCH3 is 2. The number of Topliss-reactive ketones (excluding diaryl/α,β-unsaturated/α-hetero) is 1. The summed E-state index contributed by atoms with van der Waals surface area (Å²) in [5, 5.41) is 26.2. The number of aliphatic hydroxyl groups is 2. The van der Waals surface area contributed by atoms with Crippen LogP contribution in [0.4, 0.5) is 5.69 Å². The van der Waals surface area contributed by atoms with Crippen molar-refractivity contribution in [1.82, 2.24) is 14.8 Å². The van der Waals surface area contributed by atoms with Crippen molar-refractivity contribution in [2.24, 2.45) is 11.3 Å². The van der Waals surface area contributed by atoms with Crippen LogP contribution in [0.1, 0.15) is 87.1 Å². The molecule has 1 amide bonds. The first-order chi connectivity index (χ1) is 27.0. The highest BCUT2D eigenvalue weighted by Crippen LogP contribution is 2.67. The Bertz CT molecular complexity index is 2050. The summed E-state index contributed by atoms with van der Waals surface area (Å²) >= 11 is 0. The number of likely N-dealkylation sites (N-methyl/N-ethyl adjacent to an activating group) is 1. The molecule has 8 atom stereocenters. The fourth-order valence-corrected chi connectivity index (χ4v) is 12.2. The summed E-state index contributed by atoms with van der Waals surface area (Å²) in [6.45, 7) is 6.71. The van der Waals surface area contributed by atoms with E-state index in [-0.39, 0.29) is 23.7 Å². The molecule has 2 aromatic carbocycles. The Kier molecular flexibility index (Phi) is 10.1. The van der Waals surface area contributed by atoms with Gasteiger partial charge in [0.2, 0.25) is 12.0 Å². The Labute approximate surface area is 330 Å². The number of esters is 1. The van der Waals surface area contributed by atoms with E-state index in [4.69, 9.17) is 9.47 Å². The van der Waals surface area contributed by atoms with Crippen molar-refractivity contribution in [2.45, 2.75) is 107 Å². The highest BCUT2D eigenvalue weighted by Gasteiger charge is 2.79. The third-order valence-electron chi connectivity index (χ3n) is 14.7. The van der Waals surface area contributed by atoms with Crippen molar-refractivity contribution in [1.29, 1.82) is 0 Å². The van der Waals surface area contributed by atoms with E-state index < -0.39 is 34.5 Å². The molecule has 1 aliphatic carbocycles. The van der Waals surface area contributed by atoms with Gasteiger partial charge in [-0.2, -0.15) is 0 Å². The summed E-state index contributed by atoms with van der Waals surface area (Å²) in [4.78, 5) is 48.9. The van der Waals surface area contributed by atoms with Crippen molar-refractivity contribution >= 4 is 34.8 Å². The summed E-state index contributed by atoms with van der Waals surface area (Å²) in [5.41, 5.74) is 2.84. The summed E-state index contributed by atoms with van der Waals surface area (Å²) in [5.74, 6) is 0.456. The van der Waals surface area contributed by atoms with Crippen LogP contribution < -0.4 is 9.64 Å². The lowest BCUT2D eigenvalue weighted by Crippen LogP contribution is -2.80. The third-order valence-corrected chi connectivity index (χ3v) is 14.7. The van der Waals surface area contributed by atoms with E-state index in [1.54, 1.807) is 7.11 Å². The molecule has 56 heavy (non-hydrogen) atoms. The van der Waals surface area contributed by atoms with E-state index in [0.717, 1.165) is 73.3 Å². The molecule has 1 spiro atoms. The van der Waals surface area contributed by atoms with Gasteiger partial charge in [-0.3, -0.25) is 14.5 Å². The van der Waals surface area contributed by atoms with E-state index in [0.29, 0.717) is 45.2 Å². The number of carbonyl (C=O) groups is 3. The van der Waals surface area contributed by atoms with Crippen molar-refractivity contribution in [3.8, 4) is 5.75 Å². The molecule has 2 fully saturated rings. The zero-order chi connectivity index (χ0) is 39.6. The lowest BCUT2D eigenvalue weighted by Gasteiger charge is -2.63. The van der Waals surface area contributed by atoms with E-state index in [1.165, 1.54) is 23.8 Å². The minimum atomic E-state index is -2.19. The number of rotatable bonds is 11. The second-order valence-electron chi connectivity index (χ2n) is 17.2. The standard InChI is InChI=1S/C45H58N4O7/c1-6-31(51)16-13-28-23-30(38-33(17-21-48(26-28)27-50)32-11-8-9-12-35(32)46-38)15-14-29-24-34-36(25-37(29)55-4)47(3)40-44(34)19-22-49-20-10-18-43(7-2,39(44)49)41(52)45(40,54)42(53)56-5/h8-12,18,24-25,27-28,30,39-41,46,52,54H,6-7,13-17,19-23,26H2,1-5H3. The number of aromatic nitrogens is 1. The molecule has 1 saturated carbocycles. The Morgan fingerprint density at radius 2 is 1.89 bits per heavy atom. The Morgan fingerprint density at radius 3 is 2.62 bits per heavy atom. The van der Waals surface area contributed by atoms with Crippen LogP contribution in [0.2, 0.25) is 0 Å². The summed E-state index contributed by atoms with van der Waals surface area (Å²) in [7, 11) is 4.89. The molecule has 5 aliphatic rings. The van der Waals surface area contributed by atoms with E-state index in [2.05, 4.69) is 52.4 Å². The fourth-order valence-electron chi connectivity index (χ4n) is 12.2. The molecule has 1 saturated heterocycles. The summed E-state index contributed by atoms with van der Waals surface area (Å²) in [6, 6.07) is 11.8. The topological polar surface area (TPSA) is 136 Å². The molecule has 300 valence electrons. The first kappa shape index (κ1) is 38.7. The van der Waals surface area contributed by atoms with Crippen molar-refractivity contribution in [3.63, 3.8) is 0 Å². The van der Waals surface area contributed by atoms with Gasteiger partial charge in [-0.15, -0.1) is 0 Å².